The van der Waals surface area contributed by atoms with E-state index in [9.17, 15) is 14.4 Å². The highest BCUT2D eigenvalue weighted by atomic mass is 16.2. The lowest BCUT2D eigenvalue weighted by atomic mass is 10.2. The van der Waals surface area contributed by atoms with Crippen molar-refractivity contribution in [2.75, 3.05) is 11.4 Å². The molecule has 1 aliphatic rings. The second kappa shape index (κ2) is 6.91. The number of pyridine rings is 1. The van der Waals surface area contributed by atoms with E-state index in [4.69, 9.17) is 0 Å². The fourth-order valence-corrected chi connectivity index (χ4v) is 2.49. The van der Waals surface area contributed by atoms with Gasteiger partial charge in [-0.25, -0.2) is 0 Å². The zero-order valence-electron chi connectivity index (χ0n) is 12.9. The molecular weight excluding hydrogens is 308 g/mol. The van der Waals surface area contributed by atoms with Gasteiger partial charge in [0.2, 0.25) is 5.91 Å². The zero-order valence-corrected chi connectivity index (χ0v) is 12.9. The van der Waals surface area contributed by atoms with Crippen molar-refractivity contribution in [3.05, 3.63) is 59.9 Å². The van der Waals surface area contributed by atoms with E-state index in [0.717, 1.165) is 6.42 Å². The number of carbonyl (C=O) groups excluding carboxylic acids is 3. The number of hydrogen-bond acceptors (Lipinski definition) is 4. The molecule has 1 fully saturated rings. The minimum Gasteiger partial charge on any atom is -0.312 e. The van der Waals surface area contributed by atoms with E-state index in [2.05, 4.69) is 15.8 Å². The molecule has 24 heavy (non-hydrogen) atoms. The minimum absolute atomic E-state index is 0.0532. The topological polar surface area (TPSA) is 91.4 Å². The van der Waals surface area contributed by atoms with Gasteiger partial charge in [-0.1, -0.05) is 6.07 Å². The van der Waals surface area contributed by atoms with Gasteiger partial charge in [0.15, 0.2) is 0 Å². The van der Waals surface area contributed by atoms with Crippen molar-refractivity contribution in [1.29, 1.82) is 0 Å². The van der Waals surface area contributed by atoms with E-state index >= 15 is 0 Å². The number of nitrogens with one attached hydrogen (secondary N) is 2. The van der Waals surface area contributed by atoms with Crippen molar-refractivity contribution in [2.45, 2.75) is 12.8 Å². The lowest BCUT2D eigenvalue weighted by Crippen LogP contribution is -2.41. The Morgan fingerprint density at radius 1 is 1.04 bits per heavy atom. The normalized spacial score (nSPS) is 13.7. The van der Waals surface area contributed by atoms with Gasteiger partial charge in [-0.05, 0) is 36.8 Å². The molecule has 0 unspecified atom stereocenters. The Hall–Kier alpha value is -3.22. The number of amides is 3. The van der Waals surface area contributed by atoms with Crippen molar-refractivity contribution >= 4 is 23.4 Å². The molecule has 1 aromatic carbocycles. The van der Waals surface area contributed by atoms with Crippen LogP contribution in [0.3, 0.4) is 0 Å². The molecule has 2 heterocycles. The fourth-order valence-electron chi connectivity index (χ4n) is 2.49. The first-order valence-corrected chi connectivity index (χ1v) is 7.56. The van der Waals surface area contributed by atoms with Crippen molar-refractivity contribution < 1.29 is 14.4 Å². The Bertz CT molecular complexity index is 776. The van der Waals surface area contributed by atoms with Crippen molar-refractivity contribution in [1.82, 2.24) is 15.8 Å². The summed E-state index contributed by atoms with van der Waals surface area (Å²) in [5.74, 6) is -0.861. The fraction of sp³-hybridized carbons (Fsp3) is 0.176. The summed E-state index contributed by atoms with van der Waals surface area (Å²) >= 11 is 0. The third-order valence-corrected chi connectivity index (χ3v) is 3.71. The smallest absolute Gasteiger partial charge is 0.271 e. The largest absolute Gasteiger partial charge is 0.312 e. The van der Waals surface area contributed by atoms with Gasteiger partial charge in [-0.2, -0.15) is 0 Å². The highest BCUT2D eigenvalue weighted by Gasteiger charge is 2.22. The number of rotatable bonds is 3. The molecule has 3 rings (SSSR count). The lowest BCUT2D eigenvalue weighted by molar-refractivity contribution is -0.117. The number of anilines is 1. The summed E-state index contributed by atoms with van der Waals surface area (Å²) in [4.78, 5) is 41.4. The van der Waals surface area contributed by atoms with Crippen LogP contribution in [0.15, 0.2) is 48.8 Å². The van der Waals surface area contributed by atoms with Crippen LogP contribution in [0.5, 0.6) is 0 Å². The van der Waals surface area contributed by atoms with E-state index in [1.807, 2.05) is 0 Å². The predicted molar refractivity (Wildman–Crippen MR) is 87.2 cm³/mol. The van der Waals surface area contributed by atoms with E-state index in [-0.39, 0.29) is 5.91 Å². The average molecular weight is 324 g/mol. The Labute approximate surface area is 138 Å². The molecule has 1 aliphatic heterocycles. The van der Waals surface area contributed by atoms with Gasteiger partial charge in [0.25, 0.3) is 11.8 Å². The van der Waals surface area contributed by atoms with Crippen LogP contribution in [0.4, 0.5) is 5.69 Å². The van der Waals surface area contributed by atoms with E-state index in [0.29, 0.717) is 29.8 Å². The van der Waals surface area contributed by atoms with Crippen LogP contribution in [0, 0.1) is 0 Å². The van der Waals surface area contributed by atoms with Crippen molar-refractivity contribution in [3.63, 3.8) is 0 Å². The maximum absolute atomic E-state index is 12.2. The van der Waals surface area contributed by atoms with Gasteiger partial charge < -0.3 is 4.90 Å². The number of nitrogens with zero attached hydrogens (tertiary/aromatic N) is 2. The molecule has 122 valence electrons. The number of benzene rings is 1. The van der Waals surface area contributed by atoms with Crippen LogP contribution in [0.2, 0.25) is 0 Å². The van der Waals surface area contributed by atoms with Gasteiger partial charge in [0, 0.05) is 36.6 Å². The quantitative estimate of drug-likeness (QED) is 0.832. The number of hydrogen-bond donors (Lipinski definition) is 2. The molecule has 0 saturated carbocycles. The summed E-state index contributed by atoms with van der Waals surface area (Å²) in [6, 6.07) is 9.97. The first-order chi connectivity index (χ1) is 11.6. The molecule has 0 radical (unpaired) electrons. The summed E-state index contributed by atoms with van der Waals surface area (Å²) in [5, 5.41) is 0. The van der Waals surface area contributed by atoms with Crippen LogP contribution in [-0.4, -0.2) is 29.3 Å². The van der Waals surface area contributed by atoms with Crippen molar-refractivity contribution in [2.24, 2.45) is 0 Å². The highest BCUT2D eigenvalue weighted by Crippen LogP contribution is 2.22. The second-order valence-corrected chi connectivity index (χ2v) is 5.35. The monoisotopic (exact) mass is 324 g/mol. The molecule has 7 heteroatoms. The third kappa shape index (κ3) is 3.40. The SMILES string of the molecule is O=C(NNC(=O)c1cccc(N2CCCC2=O)c1)c1cccnc1. The van der Waals surface area contributed by atoms with Crippen LogP contribution < -0.4 is 15.8 Å². The summed E-state index contributed by atoms with van der Waals surface area (Å²) < 4.78 is 0. The van der Waals surface area contributed by atoms with Gasteiger partial charge >= 0.3 is 0 Å². The molecule has 2 N–H and O–H groups in total. The third-order valence-electron chi connectivity index (χ3n) is 3.71. The van der Waals surface area contributed by atoms with Crippen LogP contribution in [0.25, 0.3) is 0 Å². The summed E-state index contributed by atoms with van der Waals surface area (Å²) in [7, 11) is 0. The molecule has 0 atom stereocenters. The first kappa shape index (κ1) is 15.7. The van der Waals surface area contributed by atoms with Crippen LogP contribution in [-0.2, 0) is 4.79 Å². The van der Waals surface area contributed by atoms with E-state index in [1.165, 1.54) is 6.20 Å². The molecule has 2 aromatic rings. The second-order valence-electron chi connectivity index (χ2n) is 5.35. The molecule has 0 aliphatic carbocycles. The van der Waals surface area contributed by atoms with Gasteiger partial charge in [-0.3, -0.25) is 30.2 Å². The standard InChI is InChI=1S/C17H16N4O3/c22-15-7-3-9-21(15)14-6-1-4-12(10-14)16(23)19-20-17(24)13-5-2-8-18-11-13/h1-2,4-6,8,10-11H,3,7,9H2,(H,19,23)(H,20,24). The molecule has 0 bridgehead atoms. The number of aromatic nitrogens is 1. The minimum atomic E-state index is -0.458. The Balaban J connectivity index is 1.65. The summed E-state index contributed by atoms with van der Waals surface area (Å²) in [6.07, 6.45) is 4.30. The zero-order chi connectivity index (χ0) is 16.9. The summed E-state index contributed by atoms with van der Waals surface area (Å²) in [5.41, 5.74) is 6.08. The molecule has 7 nitrogen and oxygen atoms in total. The average Bonchev–Trinajstić information content (AvgIpc) is 3.06. The first-order valence-electron chi connectivity index (χ1n) is 7.56. The lowest BCUT2D eigenvalue weighted by Gasteiger charge is -2.16. The van der Waals surface area contributed by atoms with Gasteiger partial charge in [0.1, 0.15) is 0 Å². The molecule has 3 amide bonds. The molecule has 1 aromatic heterocycles. The molecular formula is C17H16N4O3. The van der Waals surface area contributed by atoms with Gasteiger partial charge in [-0.15, -0.1) is 0 Å². The predicted octanol–water partition coefficient (Wildman–Crippen LogP) is 1.28. The van der Waals surface area contributed by atoms with E-state index < -0.39 is 11.8 Å². The van der Waals surface area contributed by atoms with Crippen molar-refractivity contribution in [3.8, 4) is 0 Å². The summed E-state index contributed by atoms with van der Waals surface area (Å²) in [6.45, 7) is 0.654. The highest BCUT2D eigenvalue weighted by molar-refractivity contribution is 6.01. The number of hydrazine groups is 1. The number of carbonyl (C=O) groups is 3. The Kier molecular flexibility index (Phi) is 4.51. The van der Waals surface area contributed by atoms with Gasteiger partial charge in [0.05, 0.1) is 5.56 Å². The maximum atomic E-state index is 12.2. The maximum Gasteiger partial charge on any atom is 0.271 e. The van der Waals surface area contributed by atoms with Crippen LogP contribution in [0.1, 0.15) is 33.6 Å². The molecule has 0 spiro atoms. The van der Waals surface area contributed by atoms with E-state index in [1.54, 1.807) is 47.5 Å². The molecule has 1 saturated heterocycles. The van der Waals surface area contributed by atoms with Crippen LogP contribution >= 0.6 is 0 Å². The Morgan fingerprint density at radius 2 is 1.79 bits per heavy atom. The Morgan fingerprint density at radius 3 is 2.46 bits per heavy atom.